The van der Waals surface area contributed by atoms with Crippen molar-refractivity contribution in [2.45, 2.75) is 24.2 Å². The molecular formula is C14H16N2OS. The molecule has 4 heteroatoms. The Kier molecular flexibility index (Phi) is 3.39. The van der Waals surface area contributed by atoms with E-state index < -0.39 is 6.10 Å². The summed E-state index contributed by atoms with van der Waals surface area (Å²) in [5.74, 6) is 1.15. The molecule has 2 heterocycles. The molecule has 1 fully saturated rings. The van der Waals surface area contributed by atoms with Gasteiger partial charge in [0.25, 0.3) is 0 Å². The Bertz CT molecular complexity index is 506. The summed E-state index contributed by atoms with van der Waals surface area (Å²) >= 11 is 1.86. The zero-order valence-electron chi connectivity index (χ0n) is 10.1. The van der Waals surface area contributed by atoms with Crippen LogP contribution in [0.15, 0.2) is 42.6 Å². The van der Waals surface area contributed by atoms with E-state index in [-0.39, 0.29) is 0 Å². The van der Waals surface area contributed by atoms with E-state index in [4.69, 9.17) is 0 Å². The molecule has 2 aromatic rings. The van der Waals surface area contributed by atoms with Crippen molar-refractivity contribution in [2.75, 3.05) is 5.75 Å². The molecule has 1 N–H and O–H groups in total. The number of benzene rings is 1. The summed E-state index contributed by atoms with van der Waals surface area (Å²) in [4.78, 5) is 0. The highest BCUT2D eigenvalue weighted by atomic mass is 32.2. The smallest absolute Gasteiger partial charge is 0.108 e. The zero-order chi connectivity index (χ0) is 12.4. The number of para-hydroxylation sites is 1. The van der Waals surface area contributed by atoms with Crippen molar-refractivity contribution in [3.63, 3.8) is 0 Å². The van der Waals surface area contributed by atoms with Gasteiger partial charge in [0.15, 0.2) is 0 Å². The number of aliphatic hydroxyl groups excluding tert-OH is 1. The van der Waals surface area contributed by atoms with Gasteiger partial charge in [0.2, 0.25) is 0 Å². The molecule has 0 amide bonds. The molecule has 3 nitrogen and oxygen atoms in total. The molecule has 1 aromatic heterocycles. The Morgan fingerprint density at radius 3 is 2.83 bits per heavy atom. The standard InChI is InChI=1S/C14H16N2OS/c17-14(13-7-4-10-18-13)12-8-9-15-16(12)11-5-2-1-3-6-11/h1-3,5-6,8-9,13-14,17H,4,7,10H2. The number of rotatable bonds is 3. The quantitative estimate of drug-likeness (QED) is 0.922. The third kappa shape index (κ3) is 2.18. The van der Waals surface area contributed by atoms with Gasteiger partial charge in [-0.1, -0.05) is 18.2 Å². The minimum absolute atomic E-state index is 0.309. The molecule has 94 valence electrons. The Balaban J connectivity index is 1.91. The predicted octanol–water partition coefficient (Wildman–Crippen LogP) is 2.80. The van der Waals surface area contributed by atoms with E-state index in [1.54, 1.807) is 6.20 Å². The van der Waals surface area contributed by atoms with Gasteiger partial charge in [0, 0.05) is 11.4 Å². The molecule has 1 saturated heterocycles. The van der Waals surface area contributed by atoms with Gasteiger partial charge in [0.05, 0.1) is 11.4 Å². The zero-order valence-corrected chi connectivity index (χ0v) is 10.9. The average Bonchev–Trinajstić information content (AvgIpc) is 3.10. The van der Waals surface area contributed by atoms with E-state index in [0.29, 0.717) is 5.25 Å². The Labute approximate surface area is 111 Å². The highest BCUT2D eigenvalue weighted by molar-refractivity contribution is 8.00. The number of aromatic nitrogens is 2. The molecule has 0 aliphatic carbocycles. The highest BCUT2D eigenvalue weighted by Crippen LogP contribution is 2.36. The Morgan fingerprint density at radius 2 is 2.11 bits per heavy atom. The fraction of sp³-hybridized carbons (Fsp3) is 0.357. The van der Waals surface area contributed by atoms with Gasteiger partial charge in [-0.25, -0.2) is 4.68 Å². The van der Waals surface area contributed by atoms with Crippen molar-refractivity contribution in [1.82, 2.24) is 9.78 Å². The Hall–Kier alpha value is -1.26. The number of aliphatic hydroxyl groups is 1. The van der Waals surface area contributed by atoms with Gasteiger partial charge in [-0.3, -0.25) is 0 Å². The lowest BCUT2D eigenvalue weighted by atomic mass is 10.1. The molecule has 2 unspecified atom stereocenters. The van der Waals surface area contributed by atoms with E-state index in [9.17, 15) is 5.11 Å². The van der Waals surface area contributed by atoms with Crippen molar-refractivity contribution in [2.24, 2.45) is 0 Å². The van der Waals surface area contributed by atoms with Crippen LogP contribution in [0.1, 0.15) is 24.6 Å². The van der Waals surface area contributed by atoms with E-state index in [0.717, 1.165) is 23.6 Å². The van der Waals surface area contributed by atoms with Crippen molar-refractivity contribution < 1.29 is 5.11 Å². The maximum Gasteiger partial charge on any atom is 0.108 e. The van der Waals surface area contributed by atoms with Crippen LogP contribution in [0.4, 0.5) is 0 Å². The summed E-state index contributed by atoms with van der Waals surface area (Å²) in [6.07, 6.45) is 3.61. The van der Waals surface area contributed by atoms with Crippen LogP contribution in [0.25, 0.3) is 5.69 Å². The lowest BCUT2D eigenvalue weighted by molar-refractivity contribution is 0.165. The van der Waals surface area contributed by atoms with Crippen LogP contribution in [0, 0.1) is 0 Å². The van der Waals surface area contributed by atoms with Crippen molar-refractivity contribution in [3.05, 3.63) is 48.3 Å². The third-order valence-electron chi connectivity index (χ3n) is 3.29. The van der Waals surface area contributed by atoms with Gasteiger partial charge in [0.1, 0.15) is 6.10 Å². The lowest BCUT2D eigenvalue weighted by Crippen LogP contribution is -2.16. The van der Waals surface area contributed by atoms with Crippen molar-refractivity contribution in [1.29, 1.82) is 0 Å². The largest absolute Gasteiger partial charge is 0.386 e. The number of hydrogen-bond acceptors (Lipinski definition) is 3. The van der Waals surface area contributed by atoms with Gasteiger partial charge in [-0.15, -0.1) is 0 Å². The molecular weight excluding hydrogens is 244 g/mol. The molecule has 2 atom stereocenters. The SMILES string of the molecule is OC(c1ccnn1-c1ccccc1)C1CCCS1. The third-order valence-corrected chi connectivity index (χ3v) is 4.74. The summed E-state index contributed by atoms with van der Waals surface area (Å²) in [6.45, 7) is 0. The van der Waals surface area contributed by atoms with Crippen LogP contribution in [-0.2, 0) is 0 Å². The van der Waals surface area contributed by atoms with Crippen LogP contribution >= 0.6 is 11.8 Å². The van der Waals surface area contributed by atoms with E-state index in [1.807, 2.05) is 52.8 Å². The first-order chi connectivity index (χ1) is 8.86. The summed E-state index contributed by atoms with van der Waals surface area (Å²) < 4.78 is 1.84. The molecule has 18 heavy (non-hydrogen) atoms. The van der Waals surface area contributed by atoms with Gasteiger partial charge in [-0.2, -0.15) is 16.9 Å². The monoisotopic (exact) mass is 260 g/mol. The van der Waals surface area contributed by atoms with E-state index >= 15 is 0 Å². The molecule has 0 spiro atoms. The molecule has 0 radical (unpaired) electrons. The van der Waals surface area contributed by atoms with Gasteiger partial charge >= 0.3 is 0 Å². The number of nitrogens with zero attached hydrogens (tertiary/aromatic N) is 2. The molecule has 3 rings (SSSR count). The van der Waals surface area contributed by atoms with Crippen LogP contribution in [-0.4, -0.2) is 25.9 Å². The van der Waals surface area contributed by atoms with E-state index in [2.05, 4.69) is 5.10 Å². The van der Waals surface area contributed by atoms with E-state index in [1.165, 1.54) is 6.42 Å². The number of hydrogen-bond donors (Lipinski definition) is 1. The van der Waals surface area contributed by atoms with Crippen molar-refractivity contribution >= 4 is 11.8 Å². The fourth-order valence-electron chi connectivity index (χ4n) is 2.36. The van der Waals surface area contributed by atoms with Crippen molar-refractivity contribution in [3.8, 4) is 5.69 Å². The van der Waals surface area contributed by atoms with Crippen LogP contribution in [0.3, 0.4) is 0 Å². The summed E-state index contributed by atoms with van der Waals surface area (Å²) in [5.41, 5.74) is 1.89. The maximum atomic E-state index is 10.5. The maximum absolute atomic E-state index is 10.5. The van der Waals surface area contributed by atoms with Gasteiger partial charge < -0.3 is 5.11 Å². The minimum atomic E-state index is -0.430. The topological polar surface area (TPSA) is 38.1 Å². The average molecular weight is 260 g/mol. The predicted molar refractivity (Wildman–Crippen MR) is 74.0 cm³/mol. The number of thioether (sulfide) groups is 1. The molecule has 0 saturated carbocycles. The van der Waals surface area contributed by atoms with Gasteiger partial charge in [-0.05, 0) is 36.8 Å². The molecule has 1 aliphatic heterocycles. The normalized spacial score (nSPS) is 21.1. The lowest BCUT2D eigenvalue weighted by Gasteiger charge is -2.18. The first kappa shape index (κ1) is 11.8. The van der Waals surface area contributed by atoms with Crippen LogP contribution < -0.4 is 0 Å². The fourth-order valence-corrected chi connectivity index (χ4v) is 3.66. The minimum Gasteiger partial charge on any atom is -0.386 e. The molecule has 0 bridgehead atoms. The first-order valence-corrected chi connectivity index (χ1v) is 7.30. The summed E-state index contributed by atoms with van der Waals surface area (Å²) in [5, 5.41) is 15.1. The second-order valence-electron chi connectivity index (χ2n) is 4.50. The summed E-state index contributed by atoms with van der Waals surface area (Å²) in [6, 6.07) is 11.9. The summed E-state index contributed by atoms with van der Waals surface area (Å²) in [7, 11) is 0. The molecule has 1 aliphatic rings. The molecule has 1 aromatic carbocycles. The highest BCUT2D eigenvalue weighted by Gasteiger charge is 2.27. The van der Waals surface area contributed by atoms with Crippen LogP contribution in [0.5, 0.6) is 0 Å². The second kappa shape index (κ2) is 5.16. The van der Waals surface area contributed by atoms with Crippen LogP contribution in [0.2, 0.25) is 0 Å². The Morgan fingerprint density at radius 1 is 1.28 bits per heavy atom. The second-order valence-corrected chi connectivity index (χ2v) is 5.85. The first-order valence-electron chi connectivity index (χ1n) is 6.25.